The second kappa shape index (κ2) is 7.80. The SMILES string of the molecule is COc1ccc(OCC(=O)Nc2cc(C)nn2-c2nc3cc4c(cc3s2)OCO4)cc1. The predicted octanol–water partition coefficient (Wildman–Crippen LogP) is 3.55. The van der Waals surface area contributed by atoms with Crippen molar-refractivity contribution >= 4 is 33.3 Å². The zero-order valence-electron chi connectivity index (χ0n) is 16.7. The molecule has 0 atom stereocenters. The lowest BCUT2D eigenvalue weighted by molar-refractivity contribution is -0.118. The van der Waals surface area contributed by atoms with Crippen molar-refractivity contribution in [2.75, 3.05) is 25.8 Å². The van der Waals surface area contributed by atoms with Crippen LogP contribution in [-0.2, 0) is 4.79 Å². The van der Waals surface area contributed by atoms with E-state index in [1.54, 1.807) is 42.1 Å². The standard InChI is InChI=1S/C21H18N4O5S/c1-12-7-19(23-20(26)10-28-14-5-3-13(27-2)4-6-14)25(24-12)21-22-15-8-16-17(30-11-29-16)9-18(15)31-21/h3-9H,10-11H2,1-2H3,(H,23,26). The normalized spacial score (nSPS) is 12.2. The number of fused-ring (bicyclic) bond motifs is 2. The molecular weight excluding hydrogens is 420 g/mol. The van der Waals surface area contributed by atoms with Gasteiger partial charge in [-0.2, -0.15) is 9.78 Å². The van der Waals surface area contributed by atoms with Crippen molar-refractivity contribution in [1.82, 2.24) is 14.8 Å². The van der Waals surface area contributed by atoms with Crippen molar-refractivity contribution in [2.24, 2.45) is 0 Å². The first-order valence-corrected chi connectivity index (χ1v) is 10.2. The van der Waals surface area contributed by atoms with E-state index >= 15 is 0 Å². The highest BCUT2D eigenvalue weighted by Gasteiger charge is 2.19. The summed E-state index contributed by atoms with van der Waals surface area (Å²) in [5.41, 5.74) is 1.53. The summed E-state index contributed by atoms with van der Waals surface area (Å²) >= 11 is 1.44. The van der Waals surface area contributed by atoms with Gasteiger partial charge in [-0.15, -0.1) is 0 Å². The van der Waals surface area contributed by atoms with Crippen LogP contribution in [0.4, 0.5) is 5.82 Å². The monoisotopic (exact) mass is 438 g/mol. The largest absolute Gasteiger partial charge is 0.497 e. The van der Waals surface area contributed by atoms with Gasteiger partial charge < -0.3 is 24.3 Å². The smallest absolute Gasteiger partial charge is 0.263 e. The summed E-state index contributed by atoms with van der Waals surface area (Å²) < 4.78 is 24.1. The highest BCUT2D eigenvalue weighted by Crippen LogP contribution is 2.38. The van der Waals surface area contributed by atoms with Crippen LogP contribution in [0, 0.1) is 6.92 Å². The number of amides is 1. The zero-order valence-corrected chi connectivity index (χ0v) is 17.6. The number of carbonyl (C=O) groups excluding carboxylic acids is 1. The second-order valence-corrected chi connectivity index (χ2v) is 7.77. The van der Waals surface area contributed by atoms with Crippen LogP contribution in [0.1, 0.15) is 5.69 Å². The molecule has 0 unspecified atom stereocenters. The number of aromatic nitrogens is 3. The van der Waals surface area contributed by atoms with Gasteiger partial charge in [0.2, 0.25) is 11.9 Å². The lowest BCUT2D eigenvalue weighted by Gasteiger charge is -2.08. The van der Waals surface area contributed by atoms with Crippen molar-refractivity contribution < 1.29 is 23.7 Å². The fourth-order valence-electron chi connectivity index (χ4n) is 3.13. The maximum Gasteiger partial charge on any atom is 0.263 e. The number of hydrogen-bond donors (Lipinski definition) is 1. The first-order chi connectivity index (χ1) is 15.1. The van der Waals surface area contributed by atoms with Crippen LogP contribution in [-0.4, -0.2) is 41.2 Å². The third-order valence-corrected chi connectivity index (χ3v) is 5.57. The van der Waals surface area contributed by atoms with Gasteiger partial charge in [-0.3, -0.25) is 4.79 Å². The molecule has 0 saturated carbocycles. The first kappa shape index (κ1) is 19.2. The summed E-state index contributed by atoms with van der Waals surface area (Å²) in [4.78, 5) is 17.1. The molecule has 2 aromatic heterocycles. The molecule has 1 aliphatic rings. The average molecular weight is 438 g/mol. The summed E-state index contributed by atoms with van der Waals surface area (Å²) in [5, 5.41) is 7.94. The number of thiazole rings is 1. The lowest BCUT2D eigenvalue weighted by Crippen LogP contribution is -2.21. The fourth-order valence-corrected chi connectivity index (χ4v) is 4.07. The number of hydrogen-bond acceptors (Lipinski definition) is 8. The molecule has 10 heteroatoms. The molecule has 0 saturated heterocycles. The lowest BCUT2D eigenvalue weighted by atomic mass is 10.3. The van der Waals surface area contributed by atoms with Crippen LogP contribution >= 0.6 is 11.3 Å². The van der Waals surface area contributed by atoms with Gasteiger partial charge in [0.05, 0.1) is 23.0 Å². The molecule has 1 N–H and O–H groups in total. The van der Waals surface area contributed by atoms with E-state index in [0.717, 1.165) is 21.7 Å². The summed E-state index contributed by atoms with van der Waals surface area (Å²) in [7, 11) is 1.59. The molecule has 0 spiro atoms. The Labute approximate surface area is 181 Å². The number of benzene rings is 2. The van der Waals surface area contributed by atoms with Gasteiger partial charge in [0.1, 0.15) is 17.3 Å². The Kier molecular flexibility index (Phi) is 4.83. The molecule has 3 heterocycles. The van der Waals surface area contributed by atoms with Gasteiger partial charge in [0.15, 0.2) is 18.1 Å². The van der Waals surface area contributed by atoms with Crippen molar-refractivity contribution in [1.29, 1.82) is 0 Å². The summed E-state index contributed by atoms with van der Waals surface area (Å²) in [6.45, 7) is 1.92. The Balaban J connectivity index is 1.33. The van der Waals surface area contributed by atoms with E-state index < -0.39 is 0 Å². The molecule has 4 aromatic rings. The third kappa shape index (κ3) is 3.84. The maximum absolute atomic E-state index is 12.5. The summed E-state index contributed by atoms with van der Waals surface area (Å²) in [6, 6.07) is 12.5. The van der Waals surface area contributed by atoms with Crippen molar-refractivity contribution in [2.45, 2.75) is 6.92 Å². The number of methoxy groups -OCH3 is 1. The van der Waals surface area contributed by atoms with Crippen LogP contribution in [0.5, 0.6) is 23.0 Å². The third-order valence-electron chi connectivity index (χ3n) is 4.58. The van der Waals surface area contributed by atoms with Gasteiger partial charge >= 0.3 is 0 Å². The second-order valence-electron chi connectivity index (χ2n) is 6.76. The minimum atomic E-state index is -0.307. The van der Waals surface area contributed by atoms with E-state index in [-0.39, 0.29) is 19.3 Å². The van der Waals surface area contributed by atoms with Gasteiger partial charge in [-0.1, -0.05) is 11.3 Å². The van der Waals surface area contributed by atoms with E-state index in [1.807, 2.05) is 19.1 Å². The van der Waals surface area contributed by atoms with E-state index in [4.69, 9.17) is 18.9 Å². The van der Waals surface area contributed by atoms with E-state index in [1.165, 1.54) is 11.3 Å². The number of carbonyl (C=O) groups is 1. The first-order valence-electron chi connectivity index (χ1n) is 9.43. The van der Waals surface area contributed by atoms with Crippen LogP contribution in [0.3, 0.4) is 0 Å². The molecule has 0 bridgehead atoms. The maximum atomic E-state index is 12.5. The van der Waals surface area contributed by atoms with Gasteiger partial charge in [-0.05, 0) is 31.2 Å². The summed E-state index contributed by atoms with van der Waals surface area (Å²) in [5.74, 6) is 2.87. The number of rotatable bonds is 6. The van der Waals surface area contributed by atoms with E-state index in [9.17, 15) is 4.79 Å². The molecule has 31 heavy (non-hydrogen) atoms. The topological polar surface area (TPSA) is 96.7 Å². The Morgan fingerprint density at radius 1 is 1.16 bits per heavy atom. The molecule has 158 valence electrons. The molecule has 1 aliphatic heterocycles. The quantitative estimate of drug-likeness (QED) is 0.492. The molecule has 0 radical (unpaired) electrons. The Morgan fingerprint density at radius 2 is 1.90 bits per heavy atom. The van der Waals surface area contributed by atoms with Gasteiger partial charge in [0.25, 0.3) is 5.91 Å². The summed E-state index contributed by atoms with van der Waals surface area (Å²) in [6.07, 6.45) is 0. The van der Waals surface area contributed by atoms with E-state index in [2.05, 4.69) is 15.4 Å². The minimum absolute atomic E-state index is 0.141. The molecule has 2 aromatic carbocycles. The number of nitrogens with one attached hydrogen (secondary N) is 1. The average Bonchev–Trinajstić information content (AvgIpc) is 3.48. The Bertz CT molecular complexity index is 1220. The molecular formula is C21H18N4O5S. The van der Waals surface area contributed by atoms with Crippen LogP contribution in [0.15, 0.2) is 42.5 Å². The highest BCUT2D eigenvalue weighted by molar-refractivity contribution is 7.20. The predicted molar refractivity (Wildman–Crippen MR) is 115 cm³/mol. The number of aryl methyl sites for hydroxylation is 1. The molecule has 9 nitrogen and oxygen atoms in total. The van der Waals surface area contributed by atoms with Crippen LogP contribution < -0.4 is 24.3 Å². The fraction of sp³-hybridized carbons (Fsp3) is 0.190. The highest BCUT2D eigenvalue weighted by atomic mass is 32.1. The van der Waals surface area contributed by atoms with Gasteiger partial charge in [0, 0.05) is 18.2 Å². The Morgan fingerprint density at radius 3 is 2.68 bits per heavy atom. The van der Waals surface area contributed by atoms with E-state index in [0.29, 0.717) is 28.2 Å². The molecule has 0 fully saturated rings. The number of anilines is 1. The minimum Gasteiger partial charge on any atom is -0.497 e. The van der Waals surface area contributed by atoms with Crippen LogP contribution in [0.25, 0.3) is 15.3 Å². The van der Waals surface area contributed by atoms with Crippen molar-refractivity contribution in [3.05, 3.63) is 48.2 Å². The van der Waals surface area contributed by atoms with Crippen molar-refractivity contribution in [3.8, 4) is 28.1 Å². The van der Waals surface area contributed by atoms with Gasteiger partial charge in [-0.25, -0.2) is 4.98 Å². The molecule has 1 amide bonds. The molecule has 5 rings (SSSR count). The van der Waals surface area contributed by atoms with Crippen molar-refractivity contribution in [3.63, 3.8) is 0 Å². The Hall–Kier alpha value is -3.79. The number of nitrogens with zero attached hydrogens (tertiary/aromatic N) is 3. The molecule has 0 aliphatic carbocycles. The van der Waals surface area contributed by atoms with Crippen LogP contribution in [0.2, 0.25) is 0 Å². The number of ether oxygens (including phenoxy) is 4. The zero-order chi connectivity index (χ0) is 21.4.